The van der Waals surface area contributed by atoms with Gasteiger partial charge in [-0.2, -0.15) is 5.10 Å². The number of rotatable bonds is 2. The third-order valence-electron chi connectivity index (χ3n) is 2.50. The average Bonchev–Trinajstić information content (AvgIpc) is 2.65. The first-order valence-electron chi connectivity index (χ1n) is 4.43. The van der Waals surface area contributed by atoms with E-state index in [4.69, 9.17) is 0 Å². The van der Waals surface area contributed by atoms with Gasteiger partial charge in [0.1, 0.15) is 6.33 Å². The summed E-state index contributed by atoms with van der Waals surface area (Å²) in [7, 11) is 0. The van der Waals surface area contributed by atoms with E-state index in [-0.39, 0.29) is 0 Å². The maximum absolute atomic E-state index is 4.21. The van der Waals surface area contributed by atoms with Crippen LogP contribution in [0.3, 0.4) is 0 Å². The van der Waals surface area contributed by atoms with Crippen LogP contribution in [0.25, 0.3) is 0 Å². The second-order valence-corrected chi connectivity index (χ2v) is 3.79. The van der Waals surface area contributed by atoms with Crippen LogP contribution in [0.5, 0.6) is 0 Å². The van der Waals surface area contributed by atoms with Gasteiger partial charge in [0.2, 0.25) is 0 Å². The molecular weight excluding hydrogens is 170 g/mol. The minimum absolute atomic E-state index is 0.738. The maximum Gasteiger partial charge on any atom is 0.182 e. The van der Waals surface area contributed by atoms with E-state index in [0.29, 0.717) is 0 Å². The van der Waals surface area contributed by atoms with Crippen molar-refractivity contribution in [2.24, 2.45) is 5.92 Å². The van der Waals surface area contributed by atoms with Crippen LogP contribution in [0.4, 0.5) is 0 Å². The SMILES string of the molecule is Sc1ncnn1CC1CCCC1. The Morgan fingerprint density at radius 1 is 1.50 bits per heavy atom. The third-order valence-corrected chi connectivity index (χ3v) is 2.85. The Kier molecular flexibility index (Phi) is 2.35. The van der Waals surface area contributed by atoms with E-state index < -0.39 is 0 Å². The summed E-state index contributed by atoms with van der Waals surface area (Å²) < 4.78 is 1.89. The fraction of sp³-hybridized carbons (Fsp3) is 0.750. The number of hydrogen-bond donors (Lipinski definition) is 1. The maximum atomic E-state index is 4.21. The molecule has 0 radical (unpaired) electrons. The Morgan fingerprint density at radius 2 is 2.25 bits per heavy atom. The number of hydrogen-bond acceptors (Lipinski definition) is 3. The Morgan fingerprint density at radius 3 is 2.83 bits per heavy atom. The van der Waals surface area contributed by atoms with Crippen LogP contribution in [-0.4, -0.2) is 14.8 Å². The molecule has 0 amide bonds. The second kappa shape index (κ2) is 3.47. The van der Waals surface area contributed by atoms with Crippen molar-refractivity contribution >= 4 is 12.6 Å². The summed E-state index contributed by atoms with van der Waals surface area (Å²) >= 11 is 4.21. The summed E-state index contributed by atoms with van der Waals surface area (Å²) in [5.41, 5.74) is 0. The third kappa shape index (κ3) is 1.63. The molecule has 0 aromatic carbocycles. The first kappa shape index (κ1) is 8.10. The van der Waals surface area contributed by atoms with Gasteiger partial charge in [-0.05, 0) is 18.8 Å². The first-order valence-corrected chi connectivity index (χ1v) is 4.88. The van der Waals surface area contributed by atoms with Crippen molar-refractivity contribution in [2.75, 3.05) is 0 Å². The van der Waals surface area contributed by atoms with Gasteiger partial charge in [0, 0.05) is 6.54 Å². The average molecular weight is 183 g/mol. The zero-order chi connectivity index (χ0) is 8.39. The number of thiol groups is 1. The summed E-state index contributed by atoms with van der Waals surface area (Å²) in [6, 6.07) is 0. The Bertz CT molecular complexity index is 253. The van der Waals surface area contributed by atoms with E-state index in [1.165, 1.54) is 25.7 Å². The van der Waals surface area contributed by atoms with Crippen LogP contribution >= 0.6 is 12.6 Å². The Hall–Kier alpha value is -0.510. The van der Waals surface area contributed by atoms with Gasteiger partial charge in [-0.15, -0.1) is 12.6 Å². The Balaban J connectivity index is 1.98. The minimum Gasteiger partial charge on any atom is -0.241 e. The van der Waals surface area contributed by atoms with Crippen LogP contribution in [-0.2, 0) is 6.54 Å². The number of aromatic nitrogens is 3. The Labute approximate surface area is 77.6 Å². The van der Waals surface area contributed by atoms with Gasteiger partial charge in [-0.1, -0.05) is 12.8 Å². The first-order chi connectivity index (χ1) is 5.86. The van der Waals surface area contributed by atoms with Crippen LogP contribution < -0.4 is 0 Å². The molecule has 0 atom stereocenters. The fourth-order valence-electron chi connectivity index (χ4n) is 1.82. The molecule has 0 N–H and O–H groups in total. The molecule has 1 heterocycles. The highest BCUT2D eigenvalue weighted by atomic mass is 32.1. The largest absolute Gasteiger partial charge is 0.241 e. The summed E-state index contributed by atoms with van der Waals surface area (Å²) in [5, 5.41) is 4.85. The molecule has 1 aliphatic rings. The van der Waals surface area contributed by atoms with E-state index in [1.807, 2.05) is 4.68 Å². The van der Waals surface area contributed by atoms with Gasteiger partial charge < -0.3 is 0 Å². The lowest BCUT2D eigenvalue weighted by molar-refractivity contribution is 0.406. The predicted octanol–water partition coefficient (Wildman–Crippen LogP) is 1.76. The van der Waals surface area contributed by atoms with Crippen molar-refractivity contribution in [3.8, 4) is 0 Å². The smallest absolute Gasteiger partial charge is 0.182 e. The molecule has 1 aromatic rings. The van der Waals surface area contributed by atoms with Crippen molar-refractivity contribution in [1.82, 2.24) is 14.8 Å². The summed E-state index contributed by atoms with van der Waals surface area (Å²) in [5.74, 6) is 0.803. The number of nitrogens with zero attached hydrogens (tertiary/aromatic N) is 3. The summed E-state index contributed by atoms with van der Waals surface area (Å²) in [6.07, 6.45) is 7.00. The van der Waals surface area contributed by atoms with Crippen LogP contribution in [0, 0.1) is 5.92 Å². The van der Waals surface area contributed by atoms with Crippen LogP contribution in [0.15, 0.2) is 11.5 Å². The van der Waals surface area contributed by atoms with Crippen molar-refractivity contribution < 1.29 is 0 Å². The van der Waals surface area contributed by atoms with Crippen molar-refractivity contribution in [1.29, 1.82) is 0 Å². The lowest BCUT2D eigenvalue weighted by Crippen LogP contribution is -2.09. The molecule has 1 fully saturated rings. The van der Waals surface area contributed by atoms with Gasteiger partial charge in [0.25, 0.3) is 0 Å². The molecule has 12 heavy (non-hydrogen) atoms. The van der Waals surface area contributed by atoms with E-state index in [0.717, 1.165) is 17.6 Å². The summed E-state index contributed by atoms with van der Waals surface area (Å²) in [6.45, 7) is 0.999. The molecule has 0 saturated heterocycles. The van der Waals surface area contributed by atoms with Gasteiger partial charge in [0.15, 0.2) is 5.16 Å². The molecule has 0 unspecified atom stereocenters. The molecule has 4 heteroatoms. The molecule has 1 aliphatic carbocycles. The lowest BCUT2D eigenvalue weighted by atomic mass is 10.1. The van der Waals surface area contributed by atoms with Gasteiger partial charge >= 0.3 is 0 Å². The highest BCUT2D eigenvalue weighted by molar-refractivity contribution is 7.80. The normalized spacial score (nSPS) is 18.8. The van der Waals surface area contributed by atoms with E-state index in [9.17, 15) is 0 Å². The van der Waals surface area contributed by atoms with Crippen molar-refractivity contribution in [3.63, 3.8) is 0 Å². The molecule has 0 spiro atoms. The molecule has 0 bridgehead atoms. The zero-order valence-electron chi connectivity index (χ0n) is 6.98. The molecule has 66 valence electrons. The fourth-order valence-corrected chi connectivity index (χ4v) is 2.01. The van der Waals surface area contributed by atoms with Crippen molar-refractivity contribution in [3.05, 3.63) is 6.33 Å². The topological polar surface area (TPSA) is 30.7 Å². The minimum atomic E-state index is 0.738. The molecule has 1 aromatic heterocycles. The van der Waals surface area contributed by atoms with E-state index in [1.54, 1.807) is 6.33 Å². The summed E-state index contributed by atoms with van der Waals surface area (Å²) in [4.78, 5) is 3.97. The van der Waals surface area contributed by atoms with Gasteiger partial charge in [-0.3, -0.25) is 0 Å². The highest BCUT2D eigenvalue weighted by Gasteiger charge is 2.16. The highest BCUT2D eigenvalue weighted by Crippen LogP contribution is 2.26. The van der Waals surface area contributed by atoms with Crippen molar-refractivity contribution in [2.45, 2.75) is 37.4 Å². The molecular formula is C8H13N3S. The zero-order valence-corrected chi connectivity index (χ0v) is 7.87. The monoisotopic (exact) mass is 183 g/mol. The van der Waals surface area contributed by atoms with Crippen LogP contribution in [0.2, 0.25) is 0 Å². The van der Waals surface area contributed by atoms with Gasteiger partial charge in [-0.25, -0.2) is 9.67 Å². The standard InChI is InChI=1S/C8H13N3S/c12-8-9-6-10-11(8)5-7-3-1-2-4-7/h6-7H,1-5H2,(H,9,10,12). The quantitative estimate of drug-likeness (QED) is 0.708. The lowest BCUT2D eigenvalue weighted by Gasteiger charge is -2.08. The van der Waals surface area contributed by atoms with E-state index in [2.05, 4.69) is 22.7 Å². The molecule has 2 rings (SSSR count). The second-order valence-electron chi connectivity index (χ2n) is 3.39. The molecule has 3 nitrogen and oxygen atoms in total. The predicted molar refractivity (Wildman–Crippen MR) is 49.2 cm³/mol. The van der Waals surface area contributed by atoms with E-state index >= 15 is 0 Å². The molecule has 0 aliphatic heterocycles. The van der Waals surface area contributed by atoms with Crippen LogP contribution in [0.1, 0.15) is 25.7 Å². The molecule has 1 saturated carbocycles. The van der Waals surface area contributed by atoms with Gasteiger partial charge in [0.05, 0.1) is 0 Å².